The number of methoxy groups -OCH3 is 2. The van der Waals surface area contributed by atoms with Crippen LogP contribution >= 0.6 is 0 Å². The second kappa shape index (κ2) is 5.10. The van der Waals surface area contributed by atoms with Crippen molar-refractivity contribution in [2.45, 2.75) is 5.92 Å². The molecule has 0 spiro atoms. The Morgan fingerprint density at radius 3 is 2.83 bits per heavy atom. The van der Waals surface area contributed by atoms with Gasteiger partial charge in [0.1, 0.15) is 5.75 Å². The molecule has 0 saturated heterocycles. The third-order valence-corrected chi connectivity index (χ3v) is 3.02. The van der Waals surface area contributed by atoms with Gasteiger partial charge in [0.25, 0.3) is 0 Å². The molecule has 0 aliphatic carbocycles. The summed E-state index contributed by atoms with van der Waals surface area (Å²) in [7, 11) is 2.97. The molecule has 96 valence electrons. The summed E-state index contributed by atoms with van der Waals surface area (Å²) in [6.07, 6.45) is 1.79. The molecule has 0 radical (unpaired) electrons. The summed E-state index contributed by atoms with van der Waals surface area (Å²) in [5, 5.41) is 0.926. The van der Waals surface area contributed by atoms with Crippen molar-refractivity contribution in [3.05, 3.63) is 30.0 Å². The van der Waals surface area contributed by atoms with Crippen LogP contribution in [0.2, 0.25) is 0 Å². The van der Waals surface area contributed by atoms with Gasteiger partial charge in [-0.1, -0.05) is 0 Å². The van der Waals surface area contributed by atoms with Crippen LogP contribution in [0.3, 0.4) is 0 Å². The predicted molar refractivity (Wildman–Crippen MR) is 68.7 cm³/mol. The van der Waals surface area contributed by atoms with E-state index in [0.717, 1.165) is 22.2 Å². The van der Waals surface area contributed by atoms with E-state index in [1.807, 2.05) is 18.2 Å². The van der Waals surface area contributed by atoms with Crippen molar-refractivity contribution >= 4 is 16.9 Å². The van der Waals surface area contributed by atoms with Crippen molar-refractivity contribution in [2.24, 2.45) is 5.73 Å². The molecule has 0 amide bonds. The maximum atomic E-state index is 11.7. The zero-order valence-electron chi connectivity index (χ0n) is 10.4. The molecular formula is C13H16N2O3. The number of rotatable bonds is 4. The van der Waals surface area contributed by atoms with Crippen molar-refractivity contribution in [1.29, 1.82) is 0 Å². The normalized spacial score (nSPS) is 12.4. The number of benzene rings is 1. The van der Waals surface area contributed by atoms with Gasteiger partial charge in [0.15, 0.2) is 0 Å². The highest BCUT2D eigenvalue weighted by Crippen LogP contribution is 2.29. The molecule has 1 heterocycles. The van der Waals surface area contributed by atoms with Crippen molar-refractivity contribution in [3.63, 3.8) is 0 Å². The lowest BCUT2D eigenvalue weighted by atomic mass is 9.99. The highest BCUT2D eigenvalue weighted by atomic mass is 16.5. The van der Waals surface area contributed by atoms with Crippen LogP contribution in [0, 0.1) is 0 Å². The topological polar surface area (TPSA) is 77.3 Å². The molecule has 0 aliphatic rings. The number of aromatic nitrogens is 1. The highest BCUT2D eigenvalue weighted by molar-refractivity contribution is 5.90. The first-order valence-corrected chi connectivity index (χ1v) is 5.64. The Morgan fingerprint density at radius 1 is 1.44 bits per heavy atom. The van der Waals surface area contributed by atoms with Gasteiger partial charge in [-0.25, -0.2) is 0 Å². The minimum Gasteiger partial charge on any atom is -0.497 e. The van der Waals surface area contributed by atoms with Gasteiger partial charge in [-0.15, -0.1) is 0 Å². The van der Waals surface area contributed by atoms with Crippen LogP contribution in [-0.2, 0) is 9.53 Å². The molecule has 0 aliphatic heterocycles. The molecule has 18 heavy (non-hydrogen) atoms. The lowest BCUT2D eigenvalue weighted by molar-refractivity contribution is -0.142. The quantitative estimate of drug-likeness (QED) is 0.801. The lowest BCUT2D eigenvalue weighted by Crippen LogP contribution is -2.22. The van der Waals surface area contributed by atoms with Gasteiger partial charge in [0, 0.05) is 23.6 Å². The number of ether oxygens (including phenoxy) is 2. The Bertz CT molecular complexity index is 562. The number of carbonyl (C=O) groups excluding carboxylic acids is 1. The Labute approximate surface area is 105 Å². The van der Waals surface area contributed by atoms with E-state index >= 15 is 0 Å². The van der Waals surface area contributed by atoms with E-state index in [1.54, 1.807) is 13.3 Å². The smallest absolute Gasteiger partial charge is 0.314 e. The van der Waals surface area contributed by atoms with Gasteiger partial charge in [0.05, 0.1) is 20.1 Å². The standard InChI is InChI=1S/C13H16N2O3/c1-17-8-3-4-12-9(5-8)11(7-15-12)10(6-14)13(16)18-2/h3-5,7,10,15H,6,14H2,1-2H3/t10-/m1/s1. The van der Waals surface area contributed by atoms with Crippen molar-refractivity contribution < 1.29 is 14.3 Å². The minimum absolute atomic E-state index is 0.205. The molecule has 5 heteroatoms. The van der Waals surface area contributed by atoms with Crippen LogP contribution in [0.15, 0.2) is 24.4 Å². The fourth-order valence-electron chi connectivity index (χ4n) is 2.03. The highest BCUT2D eigenvalue weighted by Gasteiger charge is 2.23. The molecular weight excluding hydrogens is 232 g/mol. The van der Waals surface area contributed by atoms with E-state index in [0.29, 0.717) is 0 Å². The average Bonchev–Trinajstić information content (AvgIpc) is 2.82. The zero-order chi connectivity index (χ0) is 13.1. The molecule has 0 saturated carbocycles. The number of hydrogen-bond donors (Lipinski definition) is 2. The van der Waals surface area contributed by atoms with Crippen LogP contribution in [0.4, 0.5) is 0 Å². The second-order valence-corrected chi connectivity index (χ2v) is 3.97. The summed E-state index contributed by atoms with van der Waals surface area (Å²) in [5.74, 6) is -0.0546. The largest absolute Gasteiger partial charge is 0.497 e. The fourth-order valence-corrected chi connectivity index (χ4v) is 2.03. The molecule has 5 nitrogen and oxygen atoms in total. The van der Waals surface area contributed by atoms with Gasteiger partial charge in [0.2, 0.25) is 0 Å². The van der Waals surface area contributed by atoms with E-state index in [1.165, 1.54) is 7.11 Å². The van der Waals surface area contributed by atoms with Crippen molar-refractivity contribution in [1.82, 2.24) is 4.98 Å². The number of aromatic amines is 1. The van der Waals surface area contributed by atoms with Gasteiger partial charge in [-0.05, 0) is 23.8 Å². The summed E-state index contributed by atoms with van der Waals surface area (Å²) >= 11 is 0. The lowest BCUT2D eigenvalue weighted by Gasteiger charge is -2.11. The Hall–Kier alpha value is -2.01. The van der Waals surface area contributed by atoms with Crippen molar-refractivity contribution in [3.8, 4) is 5.75 Å². The number of hydrogen-bond acceptors (Lipinski definition) is 4. The summed E-state index contributed by atoms with van der Waals surface area (Å²) in [5.41, 5.74) is 7.43. The van der Waals surface area contributed by atoms with Crippen LogP contribution in [0.5, 0.6) is 5.75 Å². The van der Waals surface area contributed by atoms with Crippen molar-refractivity contribution in [2.75, 3.05) is 20.8 Å². The summed E-state index contributed by atoms with van der Waals surface area (Å²) in [6.45, 7) is 0.205. The van der Waals surface area contributed by atoms with Gasteiger partial charge in [-0.3, -0.25) is 4.79 Å². The third-order valence-electron chi connectivity index (χ3n) is 3.02. The maximum Gasteiger partial charge on any atom is 0.314 e. The Balaban J connectivity index is 2.52. The number of fused-ring (bicyclic) bond motifs is 1. The van der Waals surface area contributed by atoms with E-state index in [2.05, 4.69) is 4.98 Å². The molecule has 2 aromatic rings. The molecule has 2 rings (SSSR count). The number of nitrogens with two attached hydrogens (primary N) is 1. The Kier molecular flexibility index (Phi) is 3.53. The maximum absolute atomic E-state index is 11.7. The SMILES string of the molecule is COC(=O)[C@H](CN)c1c[nH]c2ccc(OC)cc12. The number of nitrogens with one attached hydrogen (secondary N) is 1. The van der Waals surface area contributed by atoms with E-state index in [9.17, 15) is 4.79 Å². The van der Waals surface area contributed by atoms with Gasteiger partial charge >= 0.3 is 5.97 Å². The summed E-state index contributed by atoms with van der Waals surface area (Å²) < 4.78 is 9.95. The minimum atomic E-state index is -0.462. The van der Waals surface area contributed by atoms with Crippen LogP contribution < -0.4 is 10.5 Å². The van der Waals surface area contributed by atoms with E-state index in [-0.39, 0.29) is 12.5 Å². The van der Waals surface area contributed by atoms with Crippen LogP contribution in [-0.4, -0.2) is 31.7 Å². The first-order chi connectivity index (χ1) is 8.71. The first kappa shape index (κ1) is 12.4. The van der Waals surface area contributed by atoms with Gasteiger partial charge in [-0.2, -0.15) is 0 Å². The van der Waals surface area contributed by atoms with Gasteiger partial charge < -0.3 is 20.2 Å². The molecule has 0 fully saturated rings. The molecule has 1 aromatic heterocycles. The summed E-state index contributed by atoms with van der Waals surface area (Å²) in [6, 6.07) is 5.65. The average molecular weight is 248 g/mol. The predicted octanol–water partition coefficient (Wildman–Crippen LogP) is 1.39. The van der Waals surface area contributed by atoms with Crippen LogP contribution in [0.25, 0.3) is 10.9 Å². The summed E-state index contributed by atoms with van der Waals surface area (Å²) in [4.78, 5) is 14.8. The Morgan fingerprint density at radius 2 is 2.22 bits per heavy atom. The van der Waals surface area contributed by atoms with E-state index in [4.69, 9.17) is 15.2 Å². The molecule has 1 atom stereocenters. The van der Waals surface area contributed by atoms with E-state index < -0.39 is 5.92 Å². The first-order valence-electron chi connectivity index (χ1n) is 5.64. The fraction of sp³-hybridized carbons (Fsp3) is 0.308. The molecule has 0 bridgehead atoms. The van der Waals surface area contributed by atoms with Crippen LogP contribution in [0.1, 0.15) is 11.5 Å². The zero-order valence-corrected chi connectivity index (χ0v) is 10.4. The molecule has 3 N–H and O–H groups in total. The number of carbonyl (C=O) groups is 1. The number of H-pyrrole nitrogens is 1. The monoisotopic (exact) mass is 248 g/mol. The third kappa shape index (κ3) is 2.04. The number of esters is 1. The second-order valence-electron chi connectivity index (χ2n) is 3.97. The molecule has 1 aromatic carbocycles. The molecule has 0 unspecified atom stereocenters.